The minimum absolute atomic E-state index is 0.186. The lowest BCUT2D eigenvalue weighted by molar-refractivity contribution is -0.117. The van der Waals surface area contributed by atoms with Gasteiger partial charge in [-0.25, -0.2) is 19.3 Å². The number of ether oxygens (including phenoxy) is 1. The Balaban J connectivity index is 1.56. The zero-order valence-electron chi connectivity index (χ0n) is 16.5. The van der Waals surface area contributed by atoms with E-state index in [4.69, 9.17) is 16.3 Å². The zero-order valence-corrected chi connectivity index (χ0v) is 17.3. The first-order valence-corrected chi connectivity index (χ1v) is 9.87. The summed E-state index contributed by atoms with van der Waals surface area (Å²) >= 11 is 5.98. The number of anilines is 1. The summed E-state index contributed by atoms with van der Waals surface area (Å²) < 4.78 is 19.5. The lowest BCUT2D eigenvalue weighted by Crippen LogP contribution is -2.27. The second-order valence-electron chi connectivity index (χ2n) is 7.42. The fourth-order valence-electron chi connectivity index (χ4n) is 3.60. The van der Waals surface area contributed by atoms with Gasteiger partial charge in [0.1, 0.15) is 17.5 Å². The smallest absolute Gasteiger partial charge is 0.229 e. The maximum atomic E-state index is 13.5. The van der Waals surface area contributed by atoms with Crippen LogP contribution in [-0.2, 0) is 10.2 Å². The van der Waals surface area contributed by atoms with E-state index in [1.54, 1.807) is 30.5 Å². The number of aromatic nitrogens is 3. The third-order valence-electron chi connectivity index (χ3n) is 5.32. The van der Waals surface area contributed by atoms with Crippen molar-refractivity contribution in [1.82, 2.24) is 15.0 Å². The van der Waals surface area contributed by atoms with Crippen molar-refractivity contribution in [3.8, 4) is 5.75 Å². The molecular weight excluding hydrogens is 407 g/mol. The van der Waals surface area contributed by atoms with Crippen LogP contribution < -0.4 is 10.1 Å². The summed E-state index contributed by atoms with van der Waals surface area (Å²) in [4.78, 5) is 25.5. The van der Waals surface area contributed by atoms with E-state index in [9.17, 15) is 9.18 Å². The van der Waals surface area contributed by atoms with E-state index < -0.39 is 5.41 Å². The molecule has 0 saturated heterocycles. The summed E-state index contributed by atoms with van der Waals surface area (Å²) in [6.07, 6.45) is 3.72. The van der Waals surface area contributed by atoms with Gasteiger partial charge < -0.3 is 10.1 Å². The molecule has 0 bridgehead atoms. The minimum Gasteiger partial charge on any atom is -0.489 e. The van der Waals surface area contributed by atoms with Crippen molar-refractivity contribution in [3.05, 3.63) is 76.7 Å². The van der Waals surface area contributed by atoms with Gasteiger partial charge in [0.15, 0.2) is 5.75 Å². The van der Waals surface area contributed by atoms with Gasteiger partial charge in [-0.1, -0.05) is 23.7 Å². The predicted molar refractivity (Wildman–Crippen MR) is 111 cm³/mol. The minimum atomic E-state index is -0.576. The molecule has 0 spiro atoms. The number of carbonyl (C=O) groups excluding carboxylic acids is 1. The molecule has 1 aliphatic carbocycles. The molecule has 30 heavy (non-hydrogen) atoms. The lowest BCUT2D eigenvalue weighted by Gasteiger charge is -2.19. The van der Waals surface area contributed by atoms with Crippen LogP contribution in [0.25, 0.3) is 0 Å². The Kier molecular flexibility index (Phi) is 5.39. The number of hydrogen-bond acceptors (Lipinski definition) is 5. The van der Waals surface area contributed by atoms with E-state index in [2.05, 4.69) is 20.3 Å². The van der Waals surface area contributed by atoms with E-state index in [-0.39, 0.29) is 24.2 Å². The number of halogens is 2. The number of aryl methyl sites for hydroxylation is 2. The first kappa shape index (κ1) is 20.2. The SMILES string of the molecule is Cc1ncc(OC[C@@]2(c3ccc(F)cc3)C[C@H]2C(=O)Nc2cc(Cl)ccn2)c(C)n1. The topological polar surface area (TPSA) is 77.0 Å². The highest BCUT2D eigenvalue weighted by Crippen LogP contribution is 2.55. The fourth-order valence-corrected chi connectivity index (χ4v) is 3.76. The summed E-state index contributed by atoms with van der Waals surface area (Å²) in [6.45, 7) is 3.89. The standard InChI is InChI=1S/C22H20ClFN4O2/c1-13-19(11-26-14(2)27-13)30-12-22(15-3-5-17(24)6-4-15)10-18(22)21(29)28-20-9-16(23)7-8-25-20/h3-9,11,18H,10,12H2,1-2H3,(H,25,28,29)/t18-,22+/m0/s1. The predicted octanol–water partition coefficient (Wildman–Crippen LogP) is 4.26. The molecule has 1 aromatic carbocycles. The number of nitrogens with zero attached hydrogens (tertiary/aromatic N) is 3. The Morgan fingerprint density at radius 3 is 2.73 bits per heavy atom. The van der Waals surface area contributed by atoms with Crippen LogP contribution in [0.15, 0.2) is 48.8 Å². The molecular formula is C22H20ClFN4O2. The van der Waals surface area contributed by atoms with Crippen molar-refractivity contribution in [3.63, 3.8) is 0 Å². The van der Waals surface area contributed by atoms with Gasteiger partial charge in [0.05, 0.1) is 24.4 Å². The summed E-state index contributed by atoms with van der Waals surface area (Å²) in [6, 6.07) is 9.40. The van der Waals surface area contributed by atoms with Crippen LogP contribution in [0.2, 0.25) is 5.02 Å². The molecule has 0 unspecified atom stereocenters. The van der Waals surface area contributed by atoms with Crippen LogP contribution in [0.3, 0.4) is 0 Å². The molecule has 4 rings (SSSR count). The molecule has 1 N–H and O–H groups in total. The van der Waals surface area contributed by atoms with Crippen LogP contribution in [0.1, 0.15) is 23.5 Å². The summed E-state index contributed by atoms with van der Waals surface area (Å²) in [5.41, 5.74) is 0.989. The van der Waals surface area contributed by atoms with Crippen LogP contribution in [0.4, 0.5) is 10.2 Å². The molecule has 2 aromatic heterocycles. The van der Waals surface area contributed by atoms with Crippen LogP contribution in [-0.4, -0.2) is 27.5 Å². The molecule has 8 heteroatoms. The summed E-state index contributed by atoms with van der Waals surface area (Å²) in [5, 5.41) is 3.29. The van der Waals surface area contributed by atoms with Crippen LogP contribution in [0.5, 0.6) is 5.75 Å². The molecule has 1 aliphatic rings. The molecule has 1 amide bonds. The van der Waals surface area contributed by atoms with Crippen molar-refractivity contribution >= 4 is 23.3 Å². The molecule has 0 aliphatic heterocycles. The lowest BCUT2D eigenvalue weighted by atomic mass is 9.93. The molecule has 1 saturated carbocycles. The van der Waals surface area contributed by atoms with Gasteiger partial charge in [0, 0.05) is 16.6 Å². The highest BCUT2D eigenvalue weighted by molar-refractivity contribution is 6.30. The zero-order chi connectivity index (χ0) is 21.3. The number of benzene rings is 1. The summed E-state index contributed by atoms with van der Waals surface area (Å²) in [7, 11) is 0. The Labute approximate surface area is 178 Å². The highest BCUT2D eigenvalue weighted by Gasteiger charge is 2.60. The quantitative estimate of drug-likeness (QED) is 0.637. The van der Waals surface area contributed by atoms with Gasteiger partial charge in [0.25, 0.3) is 0 Å². The first-order chi connectivity index (χ1) is 14.4. The number of rotatable bonds is 6. The second-order valence-corrected chi connectivity index (χ2v) is 7.86. The molecule has 3 aromatic rings. The maximum Gasteiger partial charge on any atom is 0.229 e. The number of carbonyl (C=O) groups is 1. The van der Waals surface area contributed by atoms with Gasteiger partial charge in [-0.2, -0.15) is 0 Å². The van der Waals surface area contributed by atoms with E-state index in [1.807, 2.05) is 13.8 Å². The monoisotopic (exact) mass is 426 g/mol. The first-order valence-electron chi connectivity index (χ1n) is 9.49. The van der Waals surface area contributed by atoms with Crippen molar-refractivity contribution in [2.45, 2.75) is 25.7 Å². The van der Waals surface area contributed by atoms with Crippen molar-refractivity contribution in [2.75, 3.05) is 11.9 Å². The van der Waals surface area contributed by atoms with Gasteiger partial charge in [-0.3, -0.25) is 4.79 Å². The molecule has 1 fully saturated rings. The van der Waals surface area contributed by atoms with Gasteiger partial charge >= 0.3 is 0 Å². The third kappa shape index (κ3) is 4.11. The average Bonchev–Trinajstić information content (AvgIpc) is 3.44. The molecule has 2 atom stereocenters. The fraction of sp³-hybridized carbons (Fsp3) is 0.273. The Bertz CT molecular complexity index is 1090. The number of hydrogen-bond donors (Lipinski definition) is 1. The van der Waals surface area contributed by atoms with E-state index >= 15 is 0 Å². The number of pyridine rings is 1. The molecule has 6 nitrogen and oxygen atoms in total. The molecule has 0 radical (unpaired) electrons. The van der Waals surface area contributed by atoms with E-state index in [0.717, 1.165) is 11.3 Å². The van der Waals surface area contributed by atoms with Crippen molar-refractivity contribution in [2.24, 2.45) is 5.92 Å². The molecule has 154 valence electrons. The number of amides is 1. The van der Waals surface area contributed by atoms with Gasteiger partial charge in [-0.15, -0.1) is 0 Å². The van der Waals surface area contributed by atoms with Crippen LogP contribution in [0, 0.1) is 25.6 Å². The van der Waals surface area contributed by atoms with E-state index in [0.29, 0.717) is 28.8 Å². The Morgan fingerprint density at radius 2 is 2.03 bits per heavy atom. The van der Waals surface area contributed by atoms with Gasteiger partial charge in [-0.05, 0) is 50.1 Å². The third-order valence-corrected chi connectivity index (χ3v) is 5.56. The normalized spacial score (nSPS) is 19.9. The second kappa shape index (κ2) is 7.99. The highest BCUT2D eigenvalue weighted by atomic mass is 35.5. The van der Waals surface area contributed by atoms with Crippen molar-refractivity contribution < 1.29 is 13.9 Å². The Hall–Kier alpha value is -3.06. The largest absolute Gasteiger partial charge is 0.489 e. The van der Waals surface area contributed by atoms with Crippen LogP contribution >= 0.6 is 11.6 Å². The van der Waals surface area contributed by atoms with E-state index in [1.165, 1.54) is 18.3 Å². The molecule has 2 heterocycles. The number of nitrogens with one attached hydrogen (secondary N) is 1. The average molecular weight is 427 g/mol. The maximum absolute atomic E-state index is 13.5. The summed E-state index contributed by atoms with van der Waals surface area (Å²) in [5.74, 6) is 0.735. The van der Waals surface area contributed by atoms with Crippen molar-refractivity contribution in [1.29, 1.82) is 0 Å². The van der Waals surface area contributed by atoms with Gasteiger partial charge in [0.2, 0.25) is 5.91 Å². The Morgan fingerprint density at radius 1 is 1.27 bits per heavy atom.